The molecule has 0 bridgehead atoms. The zero-order valence-corrected chi connectivity index (χ0v) is 31.8. The Bertz CT molecular complexity index is 1190. The van der Waals surface area contributed by atoms with Crippen LogP contribution in [0.1, 0.15) is 79.1 Å². The van der Waals surface area contributed by atoms with Crippen molar-refractivity contribution in [3.63, 3.8) is 0 Å². The molecule has 0 saturated heterocycles. The molecule has 3 rings (SSSR count). The van der Waals surface area contributed by atoms with Crippen molar-refractivity contribution in [3.05, 3.63) is 0 Å². The second kappa shape index (κ2) is 19.3. The van der Waals surface area contributed by atoms with Gasteiger partial charge < -0.3 is 30.7 Å². The minimum absolute atomic E-state index is 0.0353. The summed E-state index contributed by atoms with van der Waals surface area (Å²) in [6.07, 6.45) is 7.72. The lowest BCUT2D eigenvalue weighted by molar-refractivity contribution is 0.368. The molecule has 3 atom stereocenters. The van der Waals surface area contributed by atoms with Gasteiger partial charge in [-0.2, -0.15) is 0 Å². The topological polar surface area (TPSA) is 130 Å². The van der Waals surface area contributed by atoms with E-state index in [1.54, 1.807) is 0 Å². The molecule has 0 aromatic carbocycles. The van der Waals surface area contributed by atoms with Gasteiger partial charge in [-0.1, -0.05) is 40.0 Å². The lowest BCUT2D eigenvalue weighted by Crippen LogP contribution is -2.60. The summed E-state index contributed by atoms with van der Waals surface area (Å²) in [5, 5.41) is 10.8. The Kier molecular flexibility index (Phi) is 15.5. The monoisotopic (exact) mass is 672 g/mol. The molecule has 0 spiro atoms. The molecule has 3 unspecified atom stereocenters. The van der Waals surface area contributed by atoms with E-state index < -0.39 is 0 Å². The average Bonchev–Trinajstić information content (AvgIpc) is 3.04. The highest BCUT2D eigenvalue weighted by Gasteiger charge is 2.32. The van der Waals surface area contributed by atoms with Crippen LogP contribution in [0.5, 0.6) is 0 Å². The largest absolute Gasteiger partial charge is 0.349 e. The van der Waals surface area contributed by atoms with Crippen molar-refractivity contribution in [1.82, 2.24) is 45.3 Å². The van der Waals surface area contributed by atoms with E-state index in [0.717, 1.165) is 93.9 Å². The molecule has 3 aliphatic heterocycles. The summed E-state index contributed by atoms with van der Waals surface area (Å²) in [4.78, 5) is 42.7. The summed E-state index contributed by atoms with van der Waals surface area (Å²) in [5.74, 6) is 5.28. The SMILES string of the molecule is CCCCCN=C1NC(CCN2C(=NCCCC)NC(CCN3C(=NCCC)NC(C)N=C3N(C)C)N=C2N(C)C)N=C(N(C)C)N1C. The van der Waals surface area contributed by atoms with Crippen LogP contribution < -0.4 is 16.0 Å². The van der Waals surface area contributed by atoms with Gasteiger partial charge in [-0.3, -0.25) is 29.7 Å². The highest BCUT2D eigenvalue weighted by molar-refractivity contribution is 6.02. The zero-order valence-electron chi connectivity index (χ0n) is 31.8. The van der Waals surface area contributed by atoms with Gasteiger partial charge in [0.05, 0.1) is 0 Å². The van der Waals surface area contributed by atoms with Gasteiger partial charge in [0.15, 0.2) is 0 Å². The van der Waals surface area contributed by atoms with Crippen molar-refractivity contribution >= 4 is 35.8 Å². The standard InChI is InChI=1S/C33H65N15/c1-12-15-17-22-35-28-39-26(41-31(43(5)6)46(28)11)18-24-48-30(36-21-16-13-2)40-27(42-33(48)45(9)10)19-23-47-29(34-20-14-3)37-25(4)38-32(47)44(7)8/h25-27H,12-24H2,1-11H3,(H,34,37)(H,35,39)(H,36,40). The van der Waals surface area contributed by atoms with E-state index >= 15 is 0 Å². The third kappa shape index (κ3) is 10.9. The summed E-state index contributed by atoms with van der Waals surface area (Å²) in [6, 6.07) is 0. The van der Waals surface area contributed by atoms with Crippen LogP contribution in [0.25, 0.3) is 0 Å². The molecule has 272 valence electrons. The van der Waals surface area contributed by atoms with Gasteiger partial charge in [0.1, 0.15) is 18.5 Å². The van der Waals surface area contributed by atoms with Crippen LogP contribution in [-0.4, -0.2) is 166 Å². The highest BCUT2D eigenvalue weighted by Crippen LogP contribution is 2.16. The number of nitrogens with zero attached hydrogens (tertiary/aromatic N) is 12. The first kappa shape index (κ1) is 38.7. The van der Waals surface area contributed by atoms with Crippen molar-refractivity contribution in [3.8, 4) is 0 Å². The van der Waals surface area contributed by atoms with Crippen LogP contribution in [0.4, 0.5) is 0 Å². The Morgan fingerprint density at radius 2 is 1.06 bits per heavy atom. The van der Waals surface area contributed by atoms with Gasteiger partial charge in [0.25, 0.3) is 0 Å². The van der Waals surface area contributed by atoms with Gasteiger partial charge in [0.2, 0.25) is 35.8 Å². The maximum Gasteiger partial charge on any atom is 0.205 e. The van der Waals surface area contributed by atoms with E-state index in [1.807, 2.05) is 40.1 Å². The second-order valence-electron chi connectivity index (χ2n) is 13.2. The number of rotatable bonds is 15. The minimum Gasteiger partial charge on any atom is -0.349 e. The summed E-state index contributed by atoms with van der Waals surface area (Å²) >= 11 is 0. The summed E-state index contributed by atoms with van der Waals surface area (Å²) < 4.78 is 0. The normalized spacial score (nSPS) is 23.8. The second-order valence-corrected chi connectivity index (χ2v) is 13.2. The maximum absolute atomic E-state index is 5.23. The first-order valence-electron chi connectivity index (χ1n) is 18.0. The molecular formula is C33H65N15. The average molecular weight is 672 g/mol. The number of hydrogen-bond acceptors (Lipinski definition) is 9. The fourth-order valence-electron chi connectivity index (χ4n) is 5.63. The van der Waals surface area contributed by atoms with E-state index in [2.05, 4.69) is 82.2 Å². The van der Waals surface area contributed by atoms with Crippen LogP contribution in [0.3, 0.4) is 0 Å². The molecule has 15 nitrogen and oxygen atoms in total. The van der Waals surface area contributed by atoms with E-state index in [4.69, 9.17) is 30.0 Å². The van der Waals surface area contributed by atoms with Gasteiger partial charge in [-0.15, -0.1) is 0 Å². The maximum atomic E-state index is 5.23. The van der Waals surface area contributed by atoms with E-state index in [0.29, 0.717) is 13.1 Å². The third-order valence-electron chi connectivity index (χ3n) is 8.13. The van der Waals surface area contributed by atoms with Crippen molar-refractivity contribution in [2.75, 3.05) is 82.1 Å². The van der Waals surface area contributed by atoms with Crippen molar-refractivity contribution in [2.45, 2.75) is 97.6 Å². The fraction of sp³-hybridized carbons (Fsp3) is 0.818. The van der Waals surface area contributed by atoms with Crippen molar-refractivity contribution < 1.29 is 0 Å². The number of aliphatic imine (C=N–C) groups is 6. The molecule has 3 N–H and O–H groups in total. The first-order valence-corrected chi connectivity index (χ1v) is 18.0. The molecule has 0 aliphatic carbocycles. The Labute approximate surface area is 290 Å². The first-order chi connectivity index (χ1) is 23.0. The van der Waals surface area contributed by atoms with Gasteiger partial charge in [-0.05, 0) is 26.2 Å². The van der Waals surface area contributed by atoms with E-state index in [-0.39, 0.29) is 18.5 Å². The molecule has 0 aromatic rings. The Hall–Kier alpha value is -3.78. The fourth-order valence-corrected chi connectivity index (χ4v) is 5.63. The number of unbranched alkanes of at least 4 members (excludes halogenated alkanes) is 3. The summed E-state index contributed by atoms with van der Waals surface area (Å²) in [5.41, 5.74) is 0. The molecule has 15 heteroatoms. The molecule has 0 fully saturated rings. The van der Waals surface area contributed by atoms with E-state index in [9.17, 15) is 0 Å². The molecule has 3 heterocycles. The smallest absolute Gasteiger partial charge is 0.205 e. The number of guanidine groups is 6. The zero-order chi connectivity index (χ0) is 35.2. The predicted octanol–water partition coefficient (Wildman–Crippen LogP) is 2.33. The number of nitrogens with one attached hydrogen (secondary N) is 3. The Morgan fingerprint density at radius 1 is 0.583 bits per heavy atom. The number of hydrogen-bond donors (Lipinski definition) is 3. The minimum atomic E-state index is -0.157. The quantitative estimate of drug-likeness (QED) is 0.225. The molecular weight excluding hydrogens is 606 g/mol. The molecule has 3 aliphatic rings. The summed E-state index contributed by atoms with van der Waals surface area (Å²) in [7, 11) is 14.3. The highest BCUT2D eigenvalue weighted by atomic mass is 15.5. The molecule has 0 radical (unpaired) electrons. The lowest BCUT2D eigenvalue weighted by atomic mass is 10.2. The van der Waals surface area contributed by atoms with Gasteiger partial charge in [0, 0.05) is 94.9 Å². The van der Waals surface area contributed by atoms with Crippen LogP contribution in [0.2, 0.25) is 0 Å². The van der Waals surface area contributed by atoms with Crippen LogP contribution >= 0.6 is 0 Å². The van der Waals surface area contributed by atoms with Crippen LogP contribution in [-0.2, 0) is 0 Å². The van der Waals surface area contributed by atoms with Crippen molar-refractivity contribution in [2.24, 2.45) is 30.0 Å². The van der Waals surface area contributed by atoms with Gasteiger partial charge in [-0.25, -0.2) is 15.0 Å². The van der Waals surface area contributed by atoms with Gasteiger partial charge >= 0.3 is 0 Å². The molecule has 0 saturated carbocycles. The van der Waals surface area contributed by atoms with Crippen LogP contribution in [0.15, 0.2) is 30.0 Å². The molecule has 48 heavy (non-hydrogen) atoms. The van der Waals surface area contributed by atoms with E-state index in [1.165, 1.54) is 12.8 Å². The van der Waals surface area contributed by atoms with Crippen molar-refractivity contribution in [1.29, 1.82) is 0 Å². The summed E-state index contributed by atoms with van der Waals surface area (Å²) in [6.45, 7) is 12.3. The third-order valence-corrected chi connectivity index (χ3v) is 8.13. The molecule has 0 amide bonds. The Balaban J connectivity index is 1.85. The lowest BCUT2D eigenvalue weighted by Gasteiger charge is -2.40. The molecule has 0 aromatic heterocycles. The predicted molar refractivity (Wildman–Crippen MR) is 202 cm³/mol. The Morgan fingerprint density at radius 3 is 1.62 bits per heavy atom. The van der Waals surface area contributed by atoms with Crippen LogP contribution in [0, 0.1) is 0 Å².